The molecule has 2 saturated heterocycles. The number of rotatable bonds is 8. The molecule has 2 aliphatic heterocycles. The van der Waals surface area contributed by atoms with Crippen LogP contribution in [0.1, 0.15) is 72.6 Å². The van der Waals surface area contributed by atoms with Crippen molar-refractivity contribution >= 4 is 23.7 Å². The summed E-state index contributed by atoms with van der Waals surface area (Å²) in [5, 5.41) is 0.936. The Balaban J connectivity index is 1.22. The number of hydrogen-bond acceptors (Lipinski definition) is 8. The molecule has 7 nitrogen and oxygen atoms in total. The van der Waals surface area contributed by atoms with E-state index in [1.165, 1.54) is 5.57 Å². The van der Waals surface area contributed by atoms with Crippen molar-refractivity contribution in [2.75, 3.05) is 19.0 Å². The molecule has 5 rings (SSSR count). The second-order valence-electron chi connectivity index (χ2n) is 12.7. The Morgan fingerprint density at radius 1 is 1.23 bits per heavy atom. The van der Waals surface area contributed by atoms with Crippen molar-refractivity contribution in [1.29, 1.82) is 0 Å². The number of pyridine rings is 1. The molecule has 1 aromatic rings. The fourth-order valence-corrected chi connectivity index (χ4v) is 8.36. The van der Waals surface area contributed by atoms with Crippen LogP contribution in [-0.4, -0.2) is 53.9 Å². The van der Waals surface area contributed by atoms with Gasteiger partial charge in [-0.25, -0.2) is 9.78 Å². The molecule has 218 valence electrons. The maximum absolute atomic E-state index is 12.7. The summed E-state index contributed by atoms with van der Waals surface area (Å²) in [4.78, 5) is 29.5. The van der Waals surface area contributed by atoms with Gasteiger partial charge in [0.05, 0.1) is 23.3 Å². The van der Waals surface area contributed by atoms with Crippen molar-refractivity contribution < 1.29 is 28.5 Å². The lowest BCUT2D eigenvalue weighted by atomic mass is 9.46. The van der Waals surface area contributed by atoms with Gasteiger partial charge in [0.2, 0.25) is 0 Å². The Morgan fingerprint density at radius 2 is 2.05 bits per heavy atom. The van der Waals surface area contributed by atoms with E-state index in [9.17, 15) is 9.59 Å². The highest BCUT2D eigenvalue weighted by atomic mass is 32.2. The Bertz CT molecular complexity index is 1150. The van der Waals surface area contributed by atoms with E-state index >= 15 is 0 Å². The number of carbonyl (C=O) groups is 2. The molecule has 0 bridgehead atoms. The molecule has 0 unspecified atom stereocenters. The predicted molar refractivity (Wildman–Crippen MR) is 153 cm³/mol. The second-order valence-corrected chi connectivity index (χ2v) is 13.9. The lowest BCUT2D eigenvalue weighted by molar-refractivity contribution is -0.344. The van der Waals surface area contributed by atoms with Crippen LogP contribution in [0, 0.1) is 22.7 Å². The maximum Gasteiger partial charge on any atom is 0.337 e. The quantitative estimate of drug-likeness (QED) is 0.119. The molecular formula is C32H43NO6S. The van der Waals surface area contributed by atoms with Crippen molar-refractivity contribution in [3.05, 3.63) is 48.2 Å². The third-order valence-electron chi connectivity index (χ3n) is 9.68. The standard InChI is InChI=1S/C32H43NO6S/c1-21-11-14-25-31(4,16-15-26-32(25,5)20-37-30(2,3)39-26)23(21)13-12-22-24(19-36-29(22)35)38-28(34)10-8-18-40-27-9-6-7-17-33-27/h6-7,9,12,17,23-26H,1,8,10-11,13-16,18-20H2,2-5H3/b22-12+/t23-,24-,25+,26-,31+,32+/m1/s1. The maximum atomic E-state index is 12.7. The van der Waals surface area contributed by atoms with Crippen LogP contribution in [0.3, 0.4) is 0 Å². The van der Waals surface area contributed by atoms with Crippen LogP contribution in [-0.2, 0) is 28.5 Å². The molecule has 2 aliphatic carbocycles. The largest absolute Gasteiger partial charge is 0.458 e. The van der Waals surface area contributed by atoms with Crippen LogP contribution in [0.25, 0.3) is 0 Å². The highest BCUT2D eigenvalue weighted by Crippen LogP contribution is 2.63. The number of fused-ring (bicyclic) bond motifs is 3. The van der Waals surface area contributed by atoms with Gasteiger partial charge in [-0.3, -0.25) is 4.79 Å². The molecule has 0 radical (unpaired) electrons. The molecule has 6 atom stereocenters. The number of carbonyl (C=O) groups excluding carboxylic acids is 2. The smallest absolute Gasteiger partial charge is 0.337 e. The number of allylic oxidation sites excluding steroid dienone is 2. The second kappa shape index (κ2) is 11.6. The van der Waals surface area contributed by atoms with Crippen molar-refractivity contribution in [2.24, 2.45) is 22.7 Å². The summed E-state index contributed by atoms with van der Waals surface area (Å²) < 4.78 is 23.6. The molecule has 2 saturated carbocycles. The first kappa shape index (κ1) is 29.3. The zero-order valence-corrected chi connectivity index (χ0v) is 25.1. The number of ether oxygens (including phenoxy) is 4. The van der Waals surface area contributed by atoms with Crippen LogP contribution >= 0.6 is 11.8 Å². The van der Waals surface area contributed by atoms with E-state index in [2.05, 4.69) is 25.4 Å². The Morgan fingerprint density at radius 3 is 2.83 bits per heavy atom. The van der Waals surface area contributed by atoms with E-state index in [0.29, 0.717) is 30.9 Å². The fraction of sp³-hybridized carbons (Fsp3) is 0.656. The predicted octanol–water partition coefficient (Wildman–Crippen LogP) is 6.28. The topological polar surface area (TPSA) is 84.0 Å². The third kappa shape index (κ3) is 5.90. The molecule has 3 heterocycles. The van der Waals surface area contributed by atoms with Crippen LogP contribution in [0.15, 0.2) is 53.2 Å². The van der Waals surface area contributed by atoms with Gasteiger partial charge in [0, 0.05) is 23.8 Å². The van der Waals surface area contributed by atoms with Gasteiger partial charge in [-0.1, -0.05) is 38.1 Å². The van der Waals surface area contributed by atoms with Gasteiger partial charge < -0.3 is 18.9 Å². The minimum Gasteiger partial charge on any atom is -0.458 e. The molecular weight excluding hydrogens is 526 g/mol. The first-order valence-corrected chi connectivity index (χ1v) is 15.6. The summed E-state index contributed by atoms with van der Waals surface area (Å²) in [7, 11) is 0. The highest BCUT2D eigenvalue weighted by Gasteiger charge is 2.60. The van der Waals surface area contributed by atoms with Gasteiger partial charge in [0.1, 0.15) is 6.61 Å². The van der Waals surface area contributed by atoms with Crippen molar-refractivity contribution in [2.45, 2.75) is 95.7 Å². The van der Waals surface area contributed by atoms with E-state index < -0.39 is 17.9 Å². The minimum atomic E-state index is -0.653. The third-order valence-corrected chi connectivity index (χ3v) is 10.7. The Labute approximate surface area is 242 Å². The van der Waals surface area contributed by atoms with Crippen LogP contribution in [0.2, 0.25) is 0 Å². The molecule has 0 aromatic carbocycles. The summed E-state index contributed by atoms with van der Waals surface area (Å²) in [5.41, 5.74) is 1.65. The van der Waals surface area contributed by atoms with Gasteiger partial charge in [-0.15, -0.1) is 11.8 Å². The van der Waals surface area contributed by atoms with Crippen molar-refractivity contribution in [1.82, 2.24) is 4.98 Å². The Kier molecular flexibility index (Phi) is 8.52. The molecule has 40 heavy (non-hydrogen) atoms. The molecule has 1 aromatic heterocycles. The lowest BCUT2D eigenvalue weighted by Gasteiger charge is -2.63. The molecule has 0 N–H and O–H groups in total. The van der Waals surface area contributed by atoms with Crippen LogP contribution < -0.4 is 0 Å². The summed E-state index contributed by atoms with van der Waals surface area (Å²) >= 11 is 1.61. The van der Waals surface area contributed by atoms with Gasteiger partial charge in [-0.2, -0.15) is 0 Å². The van der Waals surface area contributed by atoms with Gasteiger partial charge in [-0.05, 0) is 81.8 Å². The van der Waals surface area contributed by atoms with Crippen molar-refractivity contribution in [3.63, 3.8) is 0 Å². The zero-order chi connectivity index (χ0) is 28.5. The first-order valence-electron chi connectivity index (χ1n) is 14.6. The molecule has 4 fully saturated rings. The number of hydrogen-bond donors (Lipinski definition) is 0. The van der Waals surface area contributed by atoms with Crippen LogP contribution in [0.4, 0.5) is 0 Å². The number of nitrogens with zero attached hydrogens (tertiary/aromatic N) is 1. The fourth-order valence-electron chi connectivity index (χ4n) is 7.56. The van der Waals surface area contributed by atoms with Crippen LogP contribution in [0.5, 0.6) is 0 Å². The summed E-state index contributed by atoms with van der Waals surface area (Å²) in [6.45, 7) is 14.0. The molecule has 0 amide bonds. The zero-order valence-electron chi connectivity index (χ0n) is 24.3. The monoisotopic (exact) mass is 569 g/mol. The van der Waals surface area contributed by atoms with Gasteiger partial charge in [0.25, 0.3) is 0 Å². The van der Waals surface area contributed by atoms with E-state index in [0.717, 1.165) is 36.5 Å². The van der Waals surface area contributed by atoms with Gasteiger partial charge >= 0.3 is 11.9 Å². The first-order chi connectivity index (χ1) is 19.0. The summed E-state index contributed by atoms with van der Waals surface area (Å²) in [5.74, 6) is 0.172. The van der Waals surface area contributed by atoms with E-state index in [1.54, 1.807) is 18.0 Å². The summed E-state index contributed by atoms with van der Waals surface area (Å²) in [6, 6.07) is 5.78. The van der Waals surface area contributed by atoms with E-state index in [1.807, 2.05) is 38.1 Å². The summed E-state index contributed by atoms with van der Waals surface area (Å²) in [6.07, 6.45) is 8.94. The molecule has 0 spiro atoms. The number of cyclic esters (lactones) is 1. The SMILES string of the molecule is C=C1CC[C@@H]2[C@]3(C)COC(C)(C)O[C@@H]3CC[C@@]2(C)[C@@H]1C/C=C1/C(=O)OC[C@H]1OC(=O)CCCSc1ccccn1. The minimum absolute atomic E-state index is 0.0196. The Hall–Kier alpha value is -2.16. The average Bonchev–Trinajstić information content (AvgIpc) is 3.25. The number of aromatic nitrogens is 1. The molecule has 8 heteroatoms. The average molecular weight is 570 g/mol. The number of thioether (sulfide) groups is 1. The van der Waals surface area contributed by atoms with Crippen molar-refractivity contribution in [3.8, 4) is 0 Å². The number of esters is 2. The lowest BCUT2D eigenvalue weighted by Crippen LogP contribution is -2.62. The highest BCUT2D eigenvalue weighted by molar-refractivity contribution is 7.99. The van der Waals surface area contributed by atoms with E-state index in [-0.39, 0.29) is 41.8 Å². The van der Waals surface area contributed by atoms with E-state index in [4.69, 9.17) is 18.9 Å². The normalized spacial score (nSPS) is 36.0. The molecule has 4 aliphatic rings. The van der Waals surface area contributed by atoms with Gasteiger partial charge in [0.15, 0.2) is 11.9 Å².